The number of nitrogens with one attached hydrogen (secondary N) is 1. The summed E-state index contributed by atoms with van der Waals surface area (Å²) in [6.07, 6.45) is 3.80. The van der Waals surface area contributed by atoms with Crippen LogP contribution in [0.25, 0.3) is 0 Å². The van der Waals surface area contributed by atoms with Crippen molar-refractivity contribution in [1.29, 1.82) is 0 Å². The van der Waals surface area contributed by atoms with Crippen LogP contribution in [0.2, 0.25) is 5.02 Å². The molecule has 1 rings (SSSR count). The highest BCUT2D eigenvalue weighted by Gasteiger charge is 1.97. The number of benzene rings is 1. The molecule has 0 radical (unpaired) electrons. The molecule has 0 saturated carbocycles. The minimum atomic E-state index is -0.316. The summed E-state index contributed by atoms with van der Waals surface area (Å²) in [6, 6.07) is 4.43. The fourth-order valence-corrected chi connectivity index (χ4v) is 1.36. The lowest BCUT2D eigenvalue weighted by atomic mass is 10.2. The van der Waals surface area contributed by atoms with Crippen LogP contribution in [-0.4, -0.2) is 6.54 Å². The number of unbranched alkanes of at least 4 members (excludes halogenated alkanes) is 1. The van der Waals surface area contributed by atoms with Gasteiger partial charge in [0.05, 0.1) is 0 Å². The molecule has 76 valence electrons. The smallest absolute Gasteiger partial charge is 0.126 e. The molecule has 1 nitrogen and oxygen atoms in total. The Labute approximate surface area is 88.6 Å². The summed E-state index contributed by atoms with van der Waals surface area (Å²) < 4.78 is 12.9. The third-order valence-electron chi connectivity index (χ3n) is 1.78. The molecule has 0 bridgehead atoms. The van der Waals surface area contributed by atoms with Crippen LogP contribution in [0.4, 0.5) is 10.1 Å². The number of halogens is 2. The minimum absolute atomic E-state index is 0.316. The quantitative estimate of drug-likeness (QED) is 0.579. The second kappa shape index (κ2) is 5.66. The third kappa shape index (κ3) is 3.79. The van der Waals surface area contributed by atoms with E-state index in [1.54, 1.807) is 6.07 Å². The fraction of sp³-hybridized carbons (Fsp3) is 0.273. The van der Waals surface area contributed by atoms with Gasteiger partial charge in [0, 0.05) is 17.3 Å². The SMILES string of the molecule is C=CCCCNc1cc(F)cc(Cl)c1. The highest BCUT2D eigenvalue weighted by Crippen LogP contribution is 2.17. The van der Waals surface area contributed by atoms with E-state index in [9.17, 15) is 4.39 Å². The van der Waals surface area contributed by atoms with Gasteiger partial charge >= 0.3 is 0 Å². The summed E-state index contributed by atoms with van der Waals surface area (Å²) in [5.41, 5.74) is 0.721. The van der Waals surface area contributed by atoms with Crippen molar-refractivity contribution in [3.8, 4) is 0 Å². The maximum absolute atomic E-state index is 12.9. The third-order valence-corrected chi connectivity index (χ3v) is 1.99. The van der Waals surface area contributed by atoms with E-state index in [1.165, 1.54) is 12.1 Å². The van der Waals surface area contributed by atoms with Gasteiger partial charge in [-0.25, -0.2) is 4.39 Å². The first kappa shape index (κ1) is 11.1. The Bertz CT molecular complexity index is 292. The number of allylic oxidation sites excluding steroid dienone is 1. The first-order valence-corrected chi connectivity index (χ1v) is 4.91. The van der Waals surface area contributed by atoms with Gasteiger partial charge in [-0.1, -0.05) is 17.7 Å². The second-order valence-corrected chi connectivity index (χ2v) is 3.45. The molecule has 1 aromatic carbocycles. The van der Waals surface area contributed by atoms with Crippen LogP contribution in [0.3, 0.4) is 0 Å². The number of hydrogen-bond acceptors (Lipinski definition) is 1. The van der Waals surface area contributed by atoms with Gasteiger partial charge in [0.2, 0.25) is 0 Å². The zero-order valence-corrected chi connectivity index (χ0v) is 8.65. The van der Waals surface area contributed by atoms with Crippen molar-refractivity contribution in [3.63, 3.8) is 0 Å². The van der Waals surface area contributed by atoms with Crippen LogP contribution < -0.4 is 5.32 Å². The van der Waals surface area contributed by atoms with Crippen LogP contribution in [0.15, 0.2) is 30.9 Å². The number of anilines is 1. The molecular formula is C11H13ClFN. The zero-order valence-electron chi connectivity index (χ0n) is 7.89. The maximum atomic E-state index is 12.9. The summed E-state index contributed by atoms with van der Waals surface area (Å²) in [4.78, 5) is 0. The van der Waals surface area contributed by atoms with Gasteiger partial charge in [-0.15, -0.1) is 6.58 Å². The highest BCUT2D eigenvalue weighted by molar-refractivity contribution is 6.30. The highest BCUT2D eigenvalue weighted by atomic mass is 35.5. The van der Waals surface area contributed by atoms with Gasteiger partial charge in [0.1, 0.15) is 5.82 Å². The molecule has 1 aromatic rings. The second-order valence-electron chi connectivity index (χ2n) is 3.02. The Morgan fingerprint density at radius 3 is 2.86 bits per heavy atom. The molecule has 14 heavy (non-hydrogen) atoms. The van der Waals surface area contributed by atoms with Crippen LogP contribution >= 0.6 is 11.6 Å². The van der Waals surface area contributed by atoms with Gasteiger partial charge in [-0.05, 0) is 31.0 Å². The molecule has 0 fully saturated rings. The Hall–Kier alpha value is -1.02. The van der Waals surface area contributed by atoms with Crippen molar-refractivity contribution in [3.05, 3.63) is 41.7 Å². The van der Waals surface area contributed by atoms with E-state index >= 15 is 0 Å². The summed E-state index contributed by atoms with van der Waals surface area (Å²) in [5, 5.41) is 3.50. The van der Waals surface area contributed by atoms with Gasteiger partial charge in [0.25, 0.3) is 0 Å². The van der Waals surface area contributed by atoms with E-state index in [0.29, 0.717) is 5.02 Å². The van der Waals surface area contributed by atoms with E-state index in [4.69, 9.17) is 11.6 Å². The van der Waals surface area contributed by atoms with Crippen molar-refractivity contribution >= 4 is 17.3 Å². The predicted molar refractivity (Wildman–Crippen MR) is 59.3 cm³/mol. The van der Waals surface area contributed by atoms with Gasteiger partial charge in [-0.2, -0.15) is 0 Å². The lowest BCUT2D eigenvalue weighted by molar-refractivity contribution is 0.628. The molecule has 3 heteroatoms. The van der Waals surface area contributed by atoms with Crippen LogP contribution in [0, 0.1) is 5.82 Å². The average Bonchev–Trinajstić information content (AvgIpc) is 2.11. The Balaban J connectivity index is 2.46. The van der Waals surface area contributed by atoms with E-state index in [-0.39, 0.29) is 5.82 Å². The van der Waals surface area contributed by atoms with Crippen LogP contribution in [0.1, 0.15) is 12.8 Å². The van der Waals surface area contributed by atoms with E-state index in [0.717, 1.165) is 25.1 Å². The summed E-state index contributed by atoms with van der Waals surface area (Å²) in [6.45, 7) is 4.42. The molecule has 0 spiro atoms. The molecule has 1 N–H and O–H groups in total. The minimum Gasteiger partial charge on any atom is -0.385 e. The summed E-state index contributed by atoms with van der Waals surface area (Å²) in [5.74, 6) is -0.316. The molecular weight excluding hydrogens is 201 g/mol. The molecule has 0 aliphatic rings. The van der Waals surface area contributed by atoms with Crippen molar-refractivity contribution < 1.29 is 4.39 Å². The molecule has 0 heterocycles. The molecule has 0 atom stereocenters. The van der Waals surface area contributed by atoms with Crippen molar-refractivity contribution in [2.45, 2.75) is 12.8 Å². The molecule has 0 aliphatic heterocycles. The Kier molecular flexibility index (Phi) is 4.47. The molecule has 0 amide bonds. The maximum Gasteiger partial charge on any atom is 0.126 e. The van der Waals surface area contributed by atoms with Gasteiger partial charge in [-0.3, -0.25) is 0 Å². The van der Waals surface area contributed by atoms with E-state index in [2.05, 4.69) is 11.9 Å². The summed E-state index contributed by atoms with van der Waals surface area (Å²) >= 11 is 5.69. The van der Waals surface area contributed by atoms with Crippen molar-refractivity contribution in [2.24, 2.45) is 0 Å². The predicted octanol–water partition coefficient (Wildman–Crippen LogP) is 3.86. The monoisotopic (exact) mass is 213 g/mol. The van der Waals surface area contributed by atoms with Crippen LogP contribution in [-0.2, 0) is 0 Å². The molecule has 0 saturated heterocycles. The fourth-order valence-electron chi connectivity index (χ4n) is 1.14. The van der Waals surface area contributed by atoms with Gasteiger partial charge in [0.15, 0.2) is 0 Å². The molecule has 0 aliphatic carbocycles. The van der Waals surface area contributed by atoms with Gasteiger partial charge < -0.3 is 5.32 Å². The van der Waals surface area contributed by atoms with Crippen LogP contribution in [0.5, 0.6) is 0 Å². The topological polar surface area (TPSA) is 12.0 Å². The summed E-state index contributed by atoms with van der Waals surface area (Å²) in [7, 11) is 0. The normalized spacial score (nSPS) is 9.86. The molecule has 0 aromatic heterocycles. The number of rotatable bonds is 5. The number of hydrogen-bond donors (Lipinski definition) is 1. The average molecular weight is 214 g/mol. The Morgan fingerprint density at radius 1 is 1.43 bits per heavy atom. The molecule has 0 unspecified atom stereocenters. The largest absolute Gasteiger partial charge is 0.385 e. The van der Waals surface area contributed by atoms with E-state index in [1.807, 2.05) is 6.08 Å². The zero-order chi connectivity index (χ0) is 10.4. The lowest BCUT2D eigenvalue weighted by Gasteiger charge is -2.05. The standard InChI is InChI=1S/C11H13ClFN/c1-2-3-4-5-14-11-7-9(12)6-10(13)8-11/h2,6-8,14H,1,3-5H2. The first-order chi connectivity index (χ1) is 6.72. The van der Waals surface area contributed by atoms with Crippen molar-refractivity contribution in [2.75, 3.05) is 11.9 Å². The Morgan fingerprint density at radius 2 is 2.21 bits per heavy atom. The van der Waals surface area contributed by atoms with Crippen molar-refractivity contribution in [1.82, 2.24) is 0 Å². The lowest BCUT2D eigenvalue weighted by Crippen LogP contribution is -2.01. The van der Waals surface area contributed by atoms with E-state index < -0.39 is 0 Å². The first-order valence-electron chi connectivity index (χ1n) is 4.53.